The third kappa shape index (κ3) is 3.74. The van der Waals surface area contributed by atoms with Crippen LogP contribution in [0.2, 0.25) is 0 Å². The minimum Gasteiger partial charge on any atom is -0.493 e. The zero-order chi connectivity index (χ0) is 13.7. The zero-order valence-corrected chi connectivity index (χ0v) is 13.7. The smallest absolute Gasteiger partial charge is 0.169 e. The Hall–Kier alpha value is -1.00. The maximum Gasteiger partial charge on any atom is 0.169 e. The molecule has 0 bridgehead atoms. The molecule has 0 unspecified atom stereocenters. The van der Waals surface area contributed by atoms with Gasteiger partial charge in [0, 0.05) is 10.7 Å². The van der Waals surface area contributed by atoms with Gasteiger partial charge >= 0.3 is 0 Å². The molecule has 0 aliphatic rings. The molecule has 2 aromatic rings. The predicted molar refractivity (Wildman–Crippen MR) is 84.8 cm³/mol. The first kappa shape index (κ1) is 14.4. The van der Waals surface area contributed by atoms with Gasteiger partial charge in [0.2, 0.25) is 0 Å². The molecule has 0 radical (unpaired) electrons. The van der Waals surface area contributed by atoms with Crippen molar-refractivity contribution in [2.24, 2.45) is 0 Å². The minimum absolute atomic E-state index is 0.728. The summed E-state index contributed by atoms with van der Waals surface area (Å²) >= 11 is 6.87. The summed E-state index contributed by atoms with van der Waals surface area (Å²) in [6, 6.07) is 13.9. The van der Waals surface area contributed by atoms with Gasteiger partial charge in [0.05, 0.1) is 7.11 Å². The molecule has 0 N–H and O–H groups in total. The van der Waals surface area contributed by atoms with E-state index in [4.69, 9.17) is 9.47 Å². The van der Waals surface area contributed by atoms with Crippen LogP contribution in [0, 0.1) is 0 Å². The third-order valence-electron chi connectivity index (χ3n) is 2.69. The van der Waals surface area contributed by atoms with Crippen molar-refractivity contribution in [3.05, 3.63) is 53.6 Å². The van der Waals surface area contributed by atoms with Gasteiger partial charge in [-0.25, -0.2) is 0 Å². The molecular weight excluding hydrogens is 372 g/mol. The highest BCUT2D eigenvalue weighted by Gasteiger charge is 2.07. The number of rotatable bonds is 5. The summed E-state index contributed by atoms with van der Waals surface area (Å²) < 4.78 is 11.2. The second-order valence-corrected chi connectivity index (χ2v) is 5.12. The van der Waals surface area contributed by atoms with Crippen molar-refractivity contribution in [1.82, 2.24) is 0 Å². The van der Waals surface area contributed by atoms with Gasteiger partial charge < -0.3 is 9.47 Å². The molecule has 0 saturated heterocycles. The fraction of sp³-hybridized carbons (Fsp3) is 0.200. The van der Waals surface area contributed by atoms with Crippen molar-refractivity contribution in [2.75, 3.05) is 7.11 Å². The Morgan fingerprint density at radius 3 is 2.05 bits per heavy atom. The molecule has 2 aromatic carbocycles. The Bertz CT molecular complexity index is 538. The van der Waals surface area contributed by atoms with E-state index in [1.165, 1.54) is 5.56 Å². The molecule has 0 atom stereocenters. The van der Waals surface area contributed by atoms with Crippen LogP contribution in [-0.4, -0.2) is 7.11 Å². The van der Waals surface area contributed by atoms with Gasteiger partial charge in [-0.05, 0) is 35.4 Å². The summed E-state index contributed by atoms with van der Waals surface area (Å²) in [7, 11) is 1.64. The molecule has 0 aliphatic heterocycles. The molecule has 0 heterocycles. The van der Waals surface area contributed by atoms with Crippen LogP contribution in [0.1, 0.15) is 11.1 Å². The zero-order valence-electron chi connectivity index (χ0n) is 10.5. The predicted octanol–water partition coefficient (Wildman–Crippen LogP) is 5.28. The molecular formula is C15H14Br2O2. The Morgan fingerprint density at radius 1 is 0.842 bits per heavy atom. The molecule has 0 amide bonds. The van der Waals surface area contributed by atoms with Crippen LogP contribution in [0.15, 0.2) is 42.5 Å². The van der Waals surface area contributed by atoms with E-state index in [9.17, 15) is 0 Å². The fourth-order valence-electron chi connectivity index (χ4n) is 1.66. The largest absolute Gasteiger partial charge is 0.493 e. The lowest BCUT2D eigenvalue weighted by molar-refractivity contribution is 0.378. The highest BCUT2D eigenvalue weighted by Crippen LogP contribution is 2.33. The SMILES string of the molecule is COc1ccc(CBr)cc1Oc1ccc(CBr)cc1. The Labute approximate surface area is 130 Å². The van der Waals surface area contributed by atoms with Crippen molar-refractivity contribution in [2.45, 2.75) is 10.7 Å². The molecule has 4 heteroatoms. The van der Waals surface area contributed by atoms with Crippen LogP contribution < -0.4 is 9.47 Å². The van der Waals surface area contributed by atoms with E-state index in [0.717, 1.165) is 33.5 Å². The van der Waals surface area contributed by atoms with Gasteiger partial charge in [-0.15, -0.1) is 0 Å². The second kappa shape index (κ2) is 6.96. The van der Waals surface area contributed by atoms with Crippen LogP contribution in [-0.2, 0) is 10.7 Å². The number of ether oxygens (including phenoxy) is 2. The Balaban J connectivity index is 2.25. The summed E-state index contributed by atoms with van der Waals surface area (Å²) in [5, 5.41) is 1.63. The van der Waals surface area contributed by atoms with Crippen LogP contribution in [0.5, 0.6) is 17.2 Å². The average Bonchev–Trinajstić information content (AvgIpc) is 2.48. The first-order valence-corrected chi connectivity index (χ1v) is 8.06. The second-order valence-electron chi connectivity index (χ2n) is 4.00. The van der Waals surface area contributed by atoms with Crippen molar-refractivity contribution in [3.8, 4) is 17.2 Å². The molecule has 0 spiro atoms. The monoisotopic (exact) mass is 384 g/mol. The quantitative estimate of drug-likeness (QED) is 0.652. The molecule has 2 rings (SSSR count). The molecule has 2 nitrogen and oxygen atoms in total. The standard InChI is InChI=1S/C15H14Br2O2/c1-18-14-7-4-12(10-17)8-15(14)19-13-5-2-11(9-16)3-6-13/h2-8H,9-10H2,1H3. The van der Waals surface area contributed by atoms with E-state index >= 15 is 0 Å². The highest BCUT2D eigenvalue weighted by molar-refractivity contribution is 9.08. The van der Waals surface area contributed by atoms with Gasteiger partial charge in [0.1, 0.15) is 5.75 Å². The number of hydrogen-bond acceptors (Lipinski definition) is 2. The maximum absolute atomic E-state index is 5.88. The molecule has 0 aliphatic carbocycles. The summed E-state index contributed by atoms with van der Waals surface area (Å²) in [4.78, 5) is 0. The Morgan fingerprint density at radius 2 is 1.47 bits per heavy atom. The molecule has 19 heavy (non-hydrogen) atoms. The van der Waals surface area contributed by atoms with Gasteiger partial charge in [-0.1, -0.05) is 50.1 Å². The lowest BCUT2D eigenvalue weighted by atomic mass is 10.2. The van der Waals surface area contributed by atoms with Crippen LogP contribution in [0.4, 0.5) is 0 Å². The third-order valence-corrected chi connectivity index (χ3v) is 3.98. The number of alkyl halides is 2. The van der Waals surface area contributed by atoms with E-state index in [1.807, 2.05) is 42.5 Å². The van der Waals surface area contributed by atoms with Crippen LogP contribution in [0.25, 0.3) is 0 Å². The van der Waals surface area contributed by atoms with E-state index in [1.54, 1.807) is 7.11 Å². The van der Waals surface area contributed by atoms with Crippen molar-refractivity contribution < 1.29 is 9.47 Å². The average molecular weight is 386 g/mol. The van der Waals surface area contributed by atoms with Gasteiger partial charge in [0.15, 0.2) is 11.5 Å². The summed E-state index contributed by atoms with van der Waals surface area (Å²) in [6.07, 6.45) is 0. The van der Waals surface area contributed by atoms with Crippen LogP contribution in [0.3, 0.4) is 0 Å². The van der Waals surface area contributed by atoms with Gasteiger partial charge in [-0.2, -0.15) is 0 Å². The molecule has 0 aromatic heterocycles. The fourth-order valence-corrected chi connectivity index (χ4v) is 2.38. The van der Waals surface area contributed by atoms with Crippen LogP contribution >= 0.6 is 31.9 Å². The summed E-state index contributed by atoms with van der Waals surface area (Å²) in [5.41, 5.74) is 2.36. The summed E-state index contributed by atoms with van der Waals surface area (Å²) in [6.45, 7) is 0. The van der Waals surface area contributed by atoms with Gasteiger partial charge in [-0.3, -0.25) is 0 Å². The molecule has 0 saturated carbocycles. The molecule has 100 valence electrons. The normalized spacial score (nSPS) is 10.3. The van der Waals surface area contributed by atoms with Gasteiger partial charge in [0.25, 0.3) is 0 Å². The Kier molecular flexibility index (Phi) is 5.28. The number of halogens is 2. The van der Waals surface area contributed by atoms with E-state index in [-0.39, 0.29) is 0 Å². The molecule has 0 fully saturated rings. The maximum atomic E-state index is 5.88. The number of hydrogen-bond donors (Lipinski definition) is 0. The summed E-state index contributed by atoms with van der Waals surface area (Å²) in [5.74, 6) is 2.26. The van der Waals surface area contributed by atoms with E-state index < -0.39 is 0 Å². The van der Waals surface area contributed by atoms with Crippen molar-refractivity contribution in [1.29, 1.82) is 0 Å². The number of benzene rings is 2. The lowest BCUT2D eigenvalue weighted by Gasteiger charge is -2.11. The van der Waals surface area contributed by atoms with E-state index in [2.05, 4.69) is 31.9 Å². The topological polar surface area (TPSA) is 18.5 Å². The minimum atomic E-state index is 0.728. The highest BCUT2D eigenvalue weighted by atomic mass is 79.9. The first-order valence-electron chi connectivity index (χ1n) is 5.82. The first-order chi connectivity index (χ1) is 9.26. The van der Waals surface area contributed by atoms with Crippen molar-refractivity contribution in [3.63, 3.8) is 0 Å². The lowest BCUT2D eigenvalue weighted by Crippen LogP contribution is -1.92. The van der Waals surface area contributed by atoms with E-state index in [0.29, 0.717) is 0 Å². The van der Waals surface area contributed by atoms with Crippen molar-refractivity contribution >= 4 is 31.9 Å². The number of methoxy groups -OCH3 is 1.